The maximum absolute atomic E-state index is 12.9. The van der Waals surface area contributed by atoms with Crippen LogP contribution in [-0.2, 0) is 26.0 Å². The smallest absolute Gasteiger partial charge is 0.250 e. The molecule has 11 heteroatoms. The molecule has 2 heterocycles. The summed E-state index contributed by atoms with van der Waals surface area (Å²) in [5.41, 5.74) is 1.18. The summed E-state index contributed by atoms with van der Waals surface area (Å²) in [7, 11) is -3.76. The van der Waals surface area contributed by atoms with Crippen LogP contribution in [0.4, 0.5) is 0 Å². The van der Waals surface area contributed by atoms with Gasteiger partial charge >= 0.3 is 0 Å². The number of benzene rings is 1. The van der Waals surface area contributed by atoms with Crippen molar-refractivity contribution in [3.63, 3.8) is 0 Å². The van der Waals surface area contributed by atoms with E-state index in [1.807, 2.05) is 0 Å². The normalized spacial score (nSPS) is 16.1. The highest BCUT2D eigenvalue weighted by Crippen LogP contribution is 2.34. The highest BCUT2D eigenvalue weighted by molar-refractivity contribution is 9.11. The Balaban J connectivity index is 1.71. The molecule has 0 unspecified atom stereocenters. The van der Waals surface area contributed by atoms with Gasteiger partial charge in [-0.3, -0.25) is 10.0 Å². The van der Waals surface area contributed by atoms with Crippen molar-refractivity contribution in [1.29, 1.82) is 0 Å². The number of pyridine rings is 1. The van der Waals surface area contributed by atoms with Crippen LogP contribution in [0.15, 0.2) is 50.5 Å². The molecule has 2 N–H and O–H groups in total. The monoisotopic (exact) mass is 562 g/mol. The van der Waals surface area contributed by atoms with Crippen LogP contribution in [0.2, 0.25) is 0 Å². The molecule has 0 radical (unpaired) electrons. The minimum absolute atomic E-state index is 0.109. The number of rotatable bonds is 7. The molecule has 30 heavy (non-hydrogen) atoms. The van der Waals surface area contributed by atoms with E-state index in [4.69, 9.17) is 14.7 Å². The van der Waals surface area contributed by atoms with Crippen LogP contribution in [0.1, 0.15) is 18.4 Å². The number of nitrogens with one attached hydrogen (secondary N) is 1. The van der Waals surface area contributed by atoms with Gasteiger partial charge in [0.05, 0.1) is 16.1 Å². The first-order chi connectivity index (χ1) is 14.2. The molecule has 0 atom stereocenters. The summed E-state index contributed by atoms with van der Waals surface area (Å²) < 4.78 is 38.1. The zero-order valence-electron chi connectivity index (χ0n) is 15.8. The van der Waals surface area contributed by atoms with Gasteiger partial charge in [-0.1, -0.05) is 12.1 Å². The molecule has 1 saturated heterocycles. The fourth-order valence-electron chi connectivity index (χ4n) is 3.25. The molecule has 0 saturated carbocycles. The van der Waals surface area contributed by atoms with Gasteiger partial charge in [0.1, 0.15) is 21.6 Å². The number of carbonyl (C=O) groups is 1. The Morgan fingerprint density at radius 3 is 2.33 bits per heavy atom. The zero-order valence-corrected chi connectivity index (χ0v) is 19.8. The van der Waals surface area contributed by atoms with Gasteiger partial charge in [-0.25, -0.2) is 18.9 Å². The number of nitrogens with zero attached hydrogens (tertiary/aromatic N) is 1. The van der Waals surface area contributed by atoms with Gasteiger partial charge in [0.2, 0.25) is 0 Å². The number of hydroxylamine groups is 1. The average molecular weight is 564 g/mol. The topological polar surface area (TPSA) is 115 Å². The van der Waals surface area contributed by atoms with Crippen LogP contribution in [-0.4, -0.2) is 43.5 Å². The zero-order chi connectivity index (χ0) is 21.8. The third-order valence-corrected chi connectivity index (χ3v) is 7.66. The van der Waals surface area contributed by atoms with E-state index >= 15 is 0 Å². The second-order valence-electron chi connectivity index (χ2n) is 6.97. The third kappa shape index (κ3) is 5.58. The number of ether oxygens (including phenoxy) is 2. The summed E-state index contributed by atoms with van der Waals surface area (Å²) in [6, 6.07) is 9.78. The number of carbonyl (C=O) groups excluding carboxylic acids is 1. The SMILES string of the molecule is O=C(NO)C1(CS(=O)(=O)c2ccc(COc3cc(Br)nc(Br)c3)cc2)CCOCC1. The lowest BCUT2D eigenvalue weighted by atomic mass is 9.81. The molecule has 162 valence electrons. The second-order valence-corrected chi connectivity index (χ2v) is 10.6. The van der Waals surface area contributed by atoms with Crippen molar-refractivity contribution < 1.29 is 27.9 Å². The Bertz CT molecular complexity index is 988. The minimum atomic E-state index is -3.76. The summed E-state index contributed by atoms with van der Waals surface area (Å²) in [5, 5.41) is 9.08. The van der Waals surface area contributed by atoms with Gasteiger partial charge in [0.25, 0.3) is 5.91 Å². The number of hydrogen-bond donors (Lipinski definition) is 2. The second kappa shape index (κ2) is 9.73. The predicted molar refractivity (Wildman–Crippen MR) is 115 cm³/mol. The lowest BCUT2D eigenvalue weighted by molar-refractivity contribution is -0.143. The molecular formula is C19H20Br2N2O6S. The Labute approximate surface area is 191 Å². The van der Waals surface area contributed by atoms with E-state index in [1.54, 1.807) is 29.7 Å². The van der Waals surface area contributed by atoms with Crippen molar-refractivity contribution in [3.05, 3.63) is 51.2 Å². The molecule has 2 aromatic rings. The quantitative estimate of drug-likeness (QED) is 0.302. The van der Waals surface area contributed by atoms with Gasteiger partial charge in [-0.2, -0.15) is 0 Å². The first-order valence-electron chi connectivity index (χ1n) is 9.04. The first-order valence-corrected chi connectivity index (χ1v) is 12.3. The number of hydrogen-bond acceptors (Lipinski definition) is 7. The van der Waals surface area contributed by atoms with Crippen molar-refractivity contribution in [2.45, 2.75) is 24.3 Å². The van der Waals surface area contributed by atoms with Crippen LogP contribution < -0.4 is 10.2 Å². The van der Waals surface area contributed by atoms with E-state index in [9.17, 15) is 13.2 Å². The fourth-order valence-corrected chi connectivity index (χ4v) is 6.19. The van der Waals surface area contributed by atoms with E-state index in [1.165, 1.54) is 12.1 Å². The van der Waals surface area contributed by atoms with Gasteiger partial charge in [0, 0.05) is 25.3 Å². The van der Waals surface area contributed by atoms with Crippen molar-refractivity contribution in [2.24, 2.45) is 5.41 Å². The summed E-state index contributed by atoms with van der Waals surface area (Å²) in [5.74, 6) is -0.490. The molecular weight excluding hydrogens is 544 g/mol. The summed E-state index contributed by atoms with van der Waals surface area (Å²) in [6.07, 6.45) is 0.448. The number of halogens is 2. The Kier molecular flexibility index (Phi) is 7.51. The van der Waals surface area contributed by atoms with E-state index < -0.39 is 26.9 Å². The molecule has 3 rings (SSSR count). The maximum atomic E-state index is 12.9. The van der Waals surface area contributed by atoms with Crippen molar-refractivity contribution in [3.8, 4) is 5.75 Å². The van der Waals surface area contributed by atoms with Crippen molar-refractivity contribution in [2.75, 3.05) is 19.0 Å². The van der Waals surface area contributed by atoms with Gasteiger partial charge < -0.3 is 9.47 Å². The third-order valence-electron chi connectivity index (χ3n) is 4.92. The predicted octanol–water partition coefficient (Wildman–Crippen LogP) is 3.26. The molecule has 1 fully saturated rings. The Hall–Kier alpha value is -1.53. The fraction of sp³-hybridized carbons (Fsp3) is 0.368. The molecule has 1 aromatic carbocycles. The maximum Gasteiger partial charge on any atom is 0.250 e. The minimum Gasteiger partial charge on any atom is -0.489 e. The molecule has 1 amide bonds. The van der Waals surface area contributed by atoms with Crippen LogP contribution in [0.5, 0.6) is 5.75 Å². The Morgan fingerprint density at radius 1 is 1.17 bits per heavy atom. The molecule has 0 bridgehead atoms. The largest absolute Gasteiger partial charge is 0.489 e. The molecule has 1 aliphatic rings. The van der Waals surface area contributed by atoms with Crippen molar-refractivity contribution >= 4 is 47.6 Å². The number of aromatic nitrogens is 1. The highest BCUT2D eigenvalue weighted by atomic mass is 79.9. The van der Waals surface area contributed by atoms with Gasteiger partial charge in [0.15, 0.2) is 9.84 Å². The van der Waals surface area contributed by atoms with Gasteiger partial charge in [-0.05, 0) is 62.4 Å². The van der Waals surface area contributed by atoms with Crippen LogP contribution in [0.3, 0.4) is 0 Å². The van der Waals surface area contributed by atoms with Crippen LogP contribution in [0, 0.1) is 5.41 Å². The van der Waals surface area contributed by atoms with Crippen molar-refractivity contribution in [1.82, 2.24) is 10.5 Å². The van der Waals surface area contributed by atoms with E-state index in [-0.39, 0.29) is 37.6 Å². The molecule has 8 nitrogen and oxygen atoms in total. The molecule has 1 aliphatic heterocycles. The Morgan fingerprint density at radius 2 is 1.77 bits per heavy atom. The van der Waals surface area contributed by atoms with E-state index in [2.05, 4.69) is 36.8 Å². The molecule has 1 aromatic heterocycles. The summed E-state index contributed by atoms with van der Waals surface area (Å²) >= 11 is 6.58. The highest BCUT2D eigenvalue weighted by Gasteiger charge is 2.44. The summed E-state index contributed by atoms with van der Waals surface area (Å²) in [6.45, 7) is 0.776. The first kappa shape index (κ1) is 23.1. The molecule has 0 aliphatic carbocycles. The standard InChI is InChI=1S/C19H20Br2N2O6S/c20-16-9-14(10-17(21)22-16)29-11-13-1-3-15(4-2-13)30(26,27)12-19(18(24)23-25)5-7-28-8-6-19/h1-4,9-10,25H,5-8,11-12H2,(H,23,24). The lowest BCUT2D eigenvalue weighted by Crippen LogP contribution is -2.47. The number of sulfone groups is 1. The average Bonchev–Trinajstić information content (AvgIpc) is 2.71. The molecule has 0 spiro atoms. The lowest BCUT2D eigenvalue weighted by Gasteiger charge is -2.34. The van der Waals surface area contributed by atoms with Crippen LogP contribution in [0.25, 0.3) is 0 Å². The van der Waals surface area contributed by atoms with E-state index in [0.717, 1.165) is 5.56 Å². The number of amides is 1. The van der Waals surface area contributed by atoms with Crippen LogP contribution >= 0.6 is 31.9 Å². The van der Waals surface area contributed by atoms with E-state index in [0.29, 0.717) is 15.0 Å². The van der Waals surface area contributed by atoms with Gasteiger partial charge in [-0.15, -0.1) is 0 Å². The summed E-state index contributed by atoms with van der Waals surface area (Å²) in [4.78, 5) is 16.5.